The van der Waals surface area contributed by atoms with Crippen LogP contribution in [0.15, 0.2) is 36.4 Å². The van der Waals surface area contributed by atoms with Gasteiger partial charge in [-0.25, -0.2) is 4.39 Å². The molecule has 1 amide bonds. The van der Waals surface area contributed by atoms with E-state index in [4.69, 9.17) is 9.47 Å². The number of carbonyl (C=O) groups is 1. The van der Waals surface area contributed by atoms with E-state index in [1.165, 1.54) is 20.3 Å². The number of ether oxygens (including phenoxy) is 2. The van der Waals surface area contributed by atoms with E-state index < -0.39 is 0 Å². The van der Waals surface area contributed by atoms with E-state index in [9.17, 15) is 9.18 Å². The largest absolute Gasteiger partial charge is 0.481 e. The molecule has 31 heavy (non-hydrogen) atoms. The number of methoxy groups -OCH3 is 2. The minimum Gasteiger partial charge on any atom is -0.481 e. The summed E-state index contributed by atoms with van der Waals surface area (Å²) in [5.74, 6) is 0.455. The number of pyridine rings is 1. The number of para-hydroxylation sites is 1. The van der Waals surface area contributed by atoms with Gasteiger partial charge in [-0.2, -0.15) is 4.98 Å². The summed E-state index contributed by atoms with van der Waals surface area (Å²) in [5.41, 5.74) is 1.12. The van der Waals surface area contributed by atoms with Gasteiger partial charge in [0.1, 0.15) is 11.4 Å². The second kappa shape index (κ2) is 9.51. The molecule has 7 nitrogen and oxygen atoms in total. The SMILES string of the molecule is COc1ccc(C(=O)N2CCCC(N3CCN(c4ccccc4F)CC3)C2)c(OC)n1. The molecule has 0 saturated carbocycles. The van der Waals surface area contributed by atoms with Crippen molar-refractivity contribution in [1.82, 2.24) is 14.8 Å². The Labute approximate surface area is 182 Å². The first-order chi connectivity index (χ1) is 15.1. The highest BCUT2D eigenvalue weighted by Crippen LogP contribution is 2.26. The molecule has 2 fully saturated rings. The van der Waals surface area contributed by atoms with Crippen LogP contribution in [0, 0.1) is 5.82 Å². The Morgan fingerprint density at radius 1 is 1.03 bits per heavy atom. The first-order valence-electron chi connectivity index (χ1n) is 10.7. The number of carbonyl (C=O) groups excluding carboxylic acids is 1. The number of hydrogen-bond donors (Lipinski definition) is 0. The van der Waals surface area contributed by atoms with E-state index in [0.717, 1.165) is 45.6 Å². The second-order valence-electron chi connectivity index (χ2n) is 7.93. The van der Waals surface area contributed by atoms with Crippen LogP contribution in [0.5, 0.6) is 11.8 Å². The standard InChI is InChI=1S/C23H29FN4O3/c1-30-21-10-9-18(22(25-21)31-2)23(29)28-11-5-6-17(16-28)26-12-14-27(15-13-26)20-8-4-3-7-19(20)24/h3-4,7-10,17H,5-6,11-16H2,1-2H3. The van der Waals surface area contributed by atoms with Crippen molar-refractivity contribution in [3.63, 3.8) is 0 Å². The lowest BCUT2D eigenvalue weighted by Crippen LogP contribution is -2.56. The first kappa shape index (κ1) is 21.4. The maximum atomic E-state index is 14.1. The number of piperidine rings is 1. The molecule has 1 atom stereocenters. The quantitative estimate of drug-likeness (QED) is 0.730. The van der Waals surface area contributed by atoms with Crippen LogP contribution >= 0.6 is 0 Å². The van der Waals surface area contributed by atoms with E-state index >= 15 is 0 Å². The minimum atomic E-state index is -0.174. The number of amides is 1. The smallest absolute Gasteiger partial charge is 0.259 e. The van der Waals surface area contributed by atoms with Gasteiger partial charge in [-0.15, -0.1) is 0 Å². The minimum absolute atomic E-state index is 0.0679. The molecule has 8 heteroatoms. The van der Waals surface area contributed by atoms with Gasteiger partial charge in [0.25, 0.3) is 5.91 Å². The van der Waals surface area contributed by atoms with Crippen molar-refractivity contribution >= 4 is 11.6 Å². The zero-order valence-corrected chi connectivity index (χ0v) is 18.1. The van der Waals surface area contributed by atoms with Crippen molar-refractivity contribution in [1.29, 1.82) is 0 Å². The lowest BCUT2D eigenvalue weighted by molar-refractivity contribution is 0.0559. The summed E-state index contributed by atoms with van der Waals surface area (Å²) in [7, 11) is 3.04. The van der Waals surface area contributed by atoms with E-state index in [1.54, 1.807) is 18.2 Å². The Bertz CT molecular complexity index is 917. The van der Waals surface area contributed by atoms with E-state index in [1.807, 2.05) is 17.0 Å². The maximum Gasteiger partial charge on any atom is 0.259 e. The molecule has 0 radical (unpaired) electrons. The number of likely N-dealkylation sites (tertiary alicyclic amines) is 1. The Morgan fingerprint density at radius 2 is 1.81 bits per heavy atom. The average molecular weight is 429 g/mol. The average Bonchev–Trinajstić information content (AvgIpc) is 2.83. The molecule has 1 unspecified atom stereocenters. The van der Waals surface area contributed by atoms with Crippen LogP contribution in [0.3, 0.4) is 0 Å². The number of benzene rings is 1. The van der Waals surface area contributed by atoms with Gasteiger partial charge in [0.05, 0.1) is 19.9 Å². The summed E-state index contributed by atoms with van der Waals surface area (Å²) in [6.45, 7) is 4.67. The summed E-state index contributed by atoms with van der Waals surface area (Å²) >= 11 is 0. The summed E-state index contributed by atoms with van der Waals surface area (Å²) in [4.78, 5) is 23.8. The molecule has 1 aromatic heterocycles. The Balaban J connectivity index is 1.39. The molecule has 4 rings (SSSR count). The van der Waals surface area contributed by atoms with Crippen LogP contribution in [-0.2, 0) is 0 Å². The molecule has 166 valence electrons. The molecule has 0 spiro atoms. The van der Waals surface area contributed by atoms with Gasteiger partial charge in [-0.1, -0.05) is 12.1 Å². The van der Waals surface area contributed by atoms with Gasteiger partial charge in [0.15, 0.2) is 0 Å². The number of hydrogen-bond acceptors (Lipinski definition) is 6. The van der Waals surface area contributed by atoms with Crippen molar-refractivity contribution in [3.05, 3.63) is 47.8 Å². The fourth-order valence-electron chi connectivity index (χ4n) is 4.50. The molecule has 2 saturated heterocycles. The number of rotatable bonds is 5. The normalized spacial score (nSPS) is 19.9. The fourth-order valence-corrected chi connectivity index (χ4v) is 4.50. The topological polar surface area (TPSA) is 58.1 Å². The third kappa shape index (κ3) is 4.58. The van der Waals surface area contributed by atoms with E-state index in [2.05, 4.69) is 14.8 Å². The van der Waals surface area contributed by atoms with Crippen molar-refractivity contribution in [2.45, 2.75) is 18.9 Å². The molecular formula is C23H29FN4O3. The van der Waals surface area contributed by atoms with Crippen molar-refractivity contribution in [2.75, 3.05) is 58.4 Å². The Hall–Kier alpha value is -2.87. The molecule has 2 aliphatic rings. The van der Waals surface area contributed by atoms with Gasteiger partial charge < -0.3 is 19.3 Å². The lowest BCUT2D eigenvalue weighted by atomic mass is 10.0. The fraction of sp³-hybridized carbons (Fsp3) is 0.478. The molecular weight excluding hydrogens is 399 g/mol. The van der Waals surface area contributed by atoms with Crippen LogP contribution in [0.2, 0.25) is 0 Å². The van der Waals surface area contributed by atoms with Gasteiger partial charge >= 0.3 is 0 Å². The Kier molecular flexibility index (Phi) is 6.56. The Morgan fingerprint density at radius 3 is 2.52 bits per heavy atom. The van der Waals surface area contributed by atoms with Crippen LogP contribution in [0.25, 0.3) is 0 Å². The predicted octanol–water partition coefficient (Wildman–Crippen LogP) is 2.66. The molecule has 0 bridgehead atoms. The van der Waals surface area contributed by atoms with Gasteiger partial charge in [0, 0.05) is 51.4 Å². The summed E-state index contributed by atoms with van der Waals surface area (Å²) in [6, 6.07) is 10.6. The molecule has 2 aliphatic heterocycles. The molecule has 3 heterocycles. The number of nitrogens with zero attached hydrogens (tertiary/aromatic N) is 4. The van der Waals surface area contributed by atoms with Crippen molar-refractivity contribution < 1.29 is 18.7 Å². The molecule has 0 aliphatic carbocycles. The van der Waals surface area contributed by atoms with Gasteiger partial charge in [-0.3, -0.25) is 9.69 Å². The summed E-state index contributed by atoms with van der Waals surface area (Å²) < 4.78 is 24.6. The van der Waals surface area contributed by atoms with E-state index in [-0.39, 0.29) is 17.6 Å². The molecule has 2 aromatic rings. The van der Waals surface area contributed by atoms with Crippen LogP contribution in [-0.4, -0.2) is 80.2 Å². The monoisotopic (exact) mass is 428 g/mol. The van der Waals surface area contributed by atoms with Crippen LogP contribution in [0.1, 0.15) is 23.2 Å². The lowest BCUT2D eigenvalue weighted by Gasteiger charge is -2.44. The highest BCUT2D eigenvalue weighted by Gasteiger charge is 2.32. The number of aromatic nitrogens is 1. The van der Waals surface area contributed by atoms with Crippen LogP contribution < -0.4 is 14.4 Å². The first-order valence-corrected chi connectivity index (χ1v) is 10.7. The zero-order valence-electron chi connectivity index (χ0n) is 18.1. The third-order valence-electron chi connectivity index (χ3n) is 6.18. The number of halogens is 1. The maximum absolute atomic E-state index is 14.1. The zero-order chi connectivity index (χ0) is 21.8. The van der Waals surface area contributed by atoms with Crippen molar-refractivity contribution in [3.8, 4) is 11.8 Å². The van der Waals surface area contributed by atoms with Gasteiger partial charge in [-0.05, 0) is 31.0 Å². The summed E-state index contributed by atoms with van der Waals surface area (Å²) in [5, 5.41) is 0. The highest BCUT2D eigenvalue weighted by atomic mass is 19.1. The van der Waals surface area contributed by atoms with Gasteiger partial charge in [0.2, 0.25) is 11.8 Å². The molecule has 1 aromatic carbocycles. The number of piperazine rings is 1. The number of anilines is 1. The van der Waals surface area contributed by atoms with Crippen LogP contribution in [0.4, 0.5) is 10.1 Å². The molecule has 0 N–H and O–H groups in total. The second-order valence-corrected chi connectivity index (χ2v) is 7.93. The third-order valence-corrected chi connectivity index (χ3v) is 6.18. The summed E-state index contributed by atoms with van der Waals surface area (Å²) in [6.07, 6.45) is 2.01. The predicted molar refractivity (Wildman–Crippen MR) is 116 cm³/mol. The van der Waals surface area contributed by atoms with Crippen molar-refractivity contribution in [2.24, 2.45) is 0 Å². The van der Waals surface area contributed by atoms with E-state index in [0.29, 0.717) is 29.7 Å². The highest BCUT2D eigenvalue weighted by molar-refractivity contribution is 5.96.